The number of nitrogens with two attached hydrogens (primary N) is 1. The Morgan fingerprint density at radius 2 is 1.84 bits per heavy atom. The molecule has 3 unspecified atom stereocenters. The molecule has 168 valence electrons. The van der Waals surface area contributed by atoms with Crippen LogP contribution in [0.4, 0.5) is 23.7 Å². The summed E-state index contributed by atoms with van der Waals surface area (Å²) in [6, 6.07) is 7.29. The topological polar surface area (TPSA) is 55.6 Å². The molecular weight excluding hydrogens is 452 g/mol. The molecule has 3 atom stereocenters. The number of carbonyl (C=O) groups excluding carboxylic acids is 1. The van der Waals surface area contributed by atoms with Gasteiger partial charge in [-0.15, -0.1) is 0 Å². The van der Waals surface area contributed by atoms with Crippen molar-refractivity contribution >= 4 is 35.0 Å². The third-order valence-corrected chi connectivity index (χ3v) is 5.98. The van der Waals surface area contributed by atoms with E-state index in [0.717, 1.165) is 12.1 Å². The predicted molar refractivity (Wildman–Crippen MR) is 116 cm³/mol. The molecule has 4 nitrogen and oxygen atoms in total. The number of ether oxygens (including phenoxy) is 1. The summed E-state index contributed by atoms with van der Waals surface area (Å²) in [6.45, 7) is 3.74. The molecule has 0 radical (unpaired) electrons. The quantitative estimate of drug-likeness (QED) is 0.521. The number of rotatable bonds is 4. The summed E-state index contributed by atoms with van der Waals surface area (Å²) in [5.74, 6) is -0.484. The molecule has 9 heteroatoms. The van der Waals surface area contributed by atoms with Crippen molar-refractivity contribution in [2.45, 2.75) is 50.9 Å². The standard InChI is InChI=1S/C22H23Cl2F3N2O2/c1-3-16-11-18(20(28)12-7-14(23)10-15(24)8-12)17-9-13(22(25,26)27)5-6-19(17)29(16)21(30)31-4-2/h5-10,16,18,20H,3-4,11,28H2,1-2H3. The van der Waals surface area contributed by atoms with Gasteiger partial charge in [-0.05, 0) is 67.3 Å². The van der Waals surface area contributed by atoms with E-state index < -0.39 is 29.8 Å². The molecule has 0 saturated carbocycles. The van der Waals surface area contributed by atoms with Crippen LogP contribution in [0.5, 0.6) is 0 Å². The lowest BCUT2D eigenvalue weighted by molar-refractivity contribution is -0.137. The van der Waals surface area contributed by atoms with Gasteiger partial charge in [-0.3, -0.25) is 4.90 Å². The van der Waals surface area contributed by atoms with Crippen molar-refractivity contribution in [1.82, 2.24) is 0 Å². The van der Waals surface area contributed by atoms with Crippen LogP contribution in [0.2, 0.25) is 10.0 Å². The van der Waals surface area contributed by atoms with Crippen molar-refractivity contribution in [1.29, 1.82) is 0 Å². The molecule has 0 fully saturated rings. The number of hydrogen-bond donors (Lipinski definition) is 1. The van der Waals surface area contributed by atoms with E-state index in [4.69, 9.17) is 33.7 Å². The van der Waals surface area contributed by atoms with E-state index >= 15 is 0 Å². The lowest BCUT2D eigenvalue weighted by atomic mass is 9.78. The molecule has 0 bridgehead atoms. The van der Waals surface area contributed by atoms with Crippen LogP contribution in [0.1, 0.15) is 55.3 Å². The monoisotopic (exact) mass is 474 g/mol. The lowest BCUT2D eigenvalue weighted by Gasteiger charge is -2.42. The van der Waals surface area contributed by atoms with Gasteiger partial charge < -0.3 is 10.5 Å². The molecule has 3 rings (SSSR count). The normalized spacial score (nSPS) is 19.7. The van der Waals surface area contributed by atoms with Crippen LogP contribution in [-0.2, 0) is 10.9 Å². The van der Waals surface area contributed by atoms with Gasteiger partial charge in [0.05, 0.1) is 17.9 Å². The van der Waals surface area contributed by atoms with E-state index in [2.05, 4.69) is 0 Å². The van der Waals surface area contributed by atoms with Gasteiger partial charge in [0, 0.05) is 28.0 Å². The number of alkyl halides is 3. The molecule has 1 amide bonds. The summed E-state index contributed by atoms with van der Waals surface area (Å²) in [5, 5.41) is 0.774. The van der Waals surface area contributed by atoms with Crippen molar-refractivity contribution in [2.75, 3.05) is 11.5 Å². The van der Waals surface area contributed by atoms with Gasteiger partial charge in [0.1, 0.15) is 0 Å². The first kappa shape index (κ1) is 23.7. The van der Waals surface area contributed by atoms with E-state index in [-0.39, 0.29) is 12.6 Å². The molecule has 1 aliphatic heterocycles. The van der Waals surface area contributed by atoms with Gasteiger partial charge in [-0.2, -0.15) is 13.2 Å². The molecule has 2 aromatic carbocycles. The molecular formula is C22H23Cl2F3N2O2. The van der Waals surface area contributed by atoms with Crippen LogP contribution in [0, 0.1) is 0 Å². The van der Waals surface area contributed by atoms with Gasteiger partial charge >= 0.3 is 12.3 Å². The zero-order valence-corrected chi connectivity index (χ0v) is 18.6. The third kappa shape index (κ3) is 4.94. The molecule has 0 aromatic heterocycles. The molecule has 0 spiro atoms. The van der Waals surface area contributed by atoms with Crippen molar-refractivity contribution < 1.29 is 22.7 Å². The number of amides is 1. The molecule has 0 aliphatic carbocycles. The van der Waals surface area contributed by atoms with Crippen molar-refractivity contribution in [3.8, 4) is 0 Å². The minimum Gasteiger partial charge on any atom is -0.449 e. The van der Waals surface area contributed by atoms with Gasteiger partial charge in [-0.1, -0.05) is 30.1 Å². The Hall–Kier alpha value is -1.96. The van der Waals surface area contributed by atoms with E-state index in [0.29, 0.717) is 39.7 Å². The van der Waals surface area contributed by atoms with Crippen LogP contribution in [0.3, 0.4) is 0 Å². The van der Waals surface area contributed by atoms with Crippen molar-refractivity contribution in [3.05, 3.63) is 63.1 Å². The van der Waals surface area contributed by atoms with E-state index in [1.54, 1.807) is 25.1 Å². The maximum absolute atomic E-state index is 13.5. The SMILES string of the molecule is CCOC(=O)N1c2ccc(C(F)(F)F)cc2C(C(N)c2cc(Cl)cc(Cl)c2)CC1CC. The van der Waals surface area contributed by atoms with E-state index in [1.807, 2.05) is 6.92 Å². The van der Waals surface area contributed by atoms with Gasteiger partial charge in [0.25, 0.3) is 0 Å². The summed E-state index contributed by atoms with van der Waals surface area (Å²) >= 11 is 12.2. The second-order valence-corrected chi connectivity index (χ2v) is 8.35. The Labute approximate surface area is 189 Å². The van der Waals surface area contributed by atoms with Gasteiger partial charge in [-0.25, -0.2) is 4.79 Å². The predicted octanol–water partition coefficient (Wildman–Crippen LogP) is 6.94. The van der Waals surface area contributed by atoms with Crippen LogP contribution in [0.25, 0.3) is 0 Å². The highest BCUT2D eigenvalue weighted by atomic mass is 35.5. The molecule has 1 aliphatic rings. The fourth-order valence-electron chi connectivity index (χ4n) is 4.10. The number of carbonyl (C=O) groups is 1. The molecule has 2 aromatic rings. The Balaban J connectivity index is 2.15. The smallest absolute Gasteiger partial charge is 0.416 e. The zero-order chi connectivity index (χ0) is 22.9. The van der Waals surface area contributed by atoms with Gasteiger partial charge in [0.2, 0.25) is 0 Å². The number of halogens is 5. The van der Waals surface area contributed by atoms with Crippen molar-refractivity contribution in [3.63, 3.8) is 0 Å². The Kier molecular flexibility index (Phi) is 7.08. The third-order valence-electron chi connectivity index (χ3n) is 5.54. The number of benzene rings is 2. The lowest BCUT2D eigenvalue weighted by Crippen LogP contribution is -2.46. The first-order chi connectivity index (χ1) is 14.6. The highest BCUT2D eigenvalue weighted by molar-refractivity contribution is 6.34. The molecule has 1 heterocycles. The fraction of sp³-hybridized carbons (Fsp3) is 0.409. The van der Waals surface area contributed by atoms with Crippen LogP contribution >= 0.6 is 23.2 Å². The number of hydrogen-bond acceptors (Lipinski definition) is 3. The summed E-state index contributed by atoms with van der Waals surface area (Å²) < 4.78 is 45.6. The average molecular weight is 475 g/mol. The minimum atomic E-state index is -4.53. The maximum atomic E-state index is 13.5. The fourth-order valence-corrected chi connectivity index (χ4v) is 4.64. The van der Waals surface area contributed by atoms with E-state index in [9.17, 15) is 18.0 Å². The van der Waals surface area contributed by atoms with Crippen LogP contribution in [-0.4, -0.2) is 18.7 Å². The number of nitrogens with zero attached hydrogens (tertiary/aromatic N) is 1. The average Bonchev–Trinajstić information content (AvgIpc) is 2.70. The highest BCUT2D eigenvalue weighted by Gasteiger charge is 2.41. The Bertz CT molecular complexity index is 948. The number of anilines is 1. The van der Waals surface area contributed by atoms with Crippen LogP contribution < -0.4 is 10.6 Å². The maximum Gasteiger partial charge on any atom is 0.416 e. The summed E-state index contributed by atoms with van der Waals surface area (Å²) in [6.07, 6.45) is -4.17. The van der Waals surface area contributed by atoms with Crippen molar-refractivity contribution in [2.24, 2.45) is 5.73 Å². The molecule has 0 saturated heterocycles. The van der Waals surface area contributed by atoms with Crippen LogP contribution in [0.15, 0.2) is 36.4 Å². The molecule has 2 N–H and O–H groups in total. The number of fused-ring (bicyclic) bond motifs is 1. The largest absolute Gasteiger partial charge is 0.449 e. The second-order valence-electron chi connectivity index (χ2n) is 7.47. The highest BCUT2D eigenvalue weighted by Crippen LogP contribution is 2.47. The first-order valence-corrected chi connectivity index (χ1v) is 10.7. The summed E-state index contributed by atoms with van der Waals surface area (Å²) in [7, 11) is 0. The summed E-state index contributed by atoms with van der Waals surface area (Å²) in [5.41, 5.74) is 7.08. The van der Waals surface area contributed by atoms with E-state index in [1.165, 1.54) is 11.0 Å². The van der Waals surface area contributed by atoms with Gasteiger partial charge in [0.15, 0.2) is 0 Å². The second kappa shape index (κ2) is 9.27. The Morgan fingerprint density at radius 1 is 1.19 bits per heavy atom. The Morgan fingerprint density at radius 3 is 2.39 bits per heavy atom. The molecule has 31 heavy (non-hydrogen) atoms. The zero-order valence-electron chi connectivity index (χ0n) is 17.0. The minimum absolute atomic E-state index is 0.158. The summed E-state index contributed by atoms with van der Waals surface area (Å²) in [4.78, 5) is 14.1. The first-order valence-electron chi connectivity index (χ1n) is 9.95.